The number of hydrogen-bond donors (Lipinski definition) is 1. The second-order valence-electron chi connectivity index (χ2n) is 4.95. The molecule has 0 heterocycles. The Morgan fingerprint density at radius 1 is 1.05 bits per heavy atom. The first-order chi connectivity index (χ1) is 10.0. The maximum absolute atomic E-state index is 11.1. The van der Waals surface area contributed by atoms with Crippen molar-refractivity contribution >= 4 is 11.5 Å². The third-order valence-corrected chi connectivity index (χ3v) is 3.34. The highest BCUT2D eigenvalue weighted by molar-refractivity contribution is 5.95. The molecule has 108 valence electrons. The number of carbonyl (C=O) groups is 1. The Morgan fingerprint density at radius 2 is 1.67 bits per heavy atom. The van der Waals surface area contributed by atoms with Crippen LogP contribution in [0.4, 0.5) is 0 Å². The Kier molecular flexibility index (Phi) is 4.43. The van der Waals surface area contributed by atoms with Gasteiger partial charge in [-0.25, -0.2) is 4.79 Å². The van der Waals surface area contributed by atoms with Crippen LogP contribution >= 0.6 is 0 Å². The van der Waals surface area contributed by atoms with Gasteiger partial charge in [-0.1, -0.05) is 35.9 Å². The van der Waals surface area contributed by atoms with Crippen LogP contribution in [0.3, 0.4) is 0 Å². The van der Waals surface area contributed by atoms with E-state index in [9.17, 15) is 4.79 Å². The molecule has 2 aromatic rings. The van der Waals surface area contributed by atoms with E-state index < -0.39 is 5.97 Å². The normalized spacial score (nSPS) is 11.3. The summed E-state index contributed by atoms with van der Waals surface area (Å²) in [7, 11) is 1.62. The van der Waals surface area contributed by atoms with Gasteiger partial charge in [0.25, 0.3) is 0 Å². The molecule has 3 heteroatoms. The number of aryl methyl sites for hydroxylation is 2. The molecule has 0 amide bonds. The highest BCUT2D eigenvalue weighted by Crippen LogP contribution is 2.28. The lowest BCUT2D eigenvalue weighted by Gasteiger charge is -2.11. The molecule has 0 spiro atoms. The zero-order valence-corrected chi connectivity index (χ0v) is 12.4. The van der Waals surface area contributed by atoms with Crippen molar-refractivity contribution in [3.63, 3.8) is 0 Å². The van der Waals surface area contributed by atoms with E-state index in [2.05, 4.69) is 0 Å². The maximum Gasteiger partial charge on any atom is 0.328 e. The van der Waals surface area contributed by atoms with Gasteiger partial charge >= 0.3 is 5.97 Å². The minimum Gasteiger partial charge on any atom is -0.496 e. The first kappa shape index (κ1) is 14.9. The van der Waals surface area contributed by atoms with Gasteiger partial charge < -0.3 is 9.84 Å². The third-order valence-electron chi connectivity index (χ3n) is 3.34. The number of rotatable bonds is 4. The van der Waals surface area contributed by atoms with Crippen LogP contribution in [-0.4, -0.2) is 18.2 Å². The van der Waals surface area contributed by atoms with Gasteiger partial charge in [-0.15, -0.1) is 0 Å². The second kappa shape index (κ2) is 6.27. The predicted molar refractivity (Wildman–Crippen MR) is 83.6 cm³/mol. The van der Waals surface area contributed by atoms with E-state index in [0.717, 1.165) is 28.0 Å². The van der Waals surface area contributed by atoms with E-state index in [0.29, 0.717) is 5.57 Å². The zero-order chi connectivity index (χ0) is 15.4. The van der Waals surface area contributed by atoms with Crippen LogP contribution in [-0.2, 0) is 4.79 Å². The number of benzene rings is 2. The Hall–Kier alpha value is -2.55. The minimum atomic E-state index is -0.959. The van der Waals surface area contributed by atoms with Gasteiger partial charge in [0, 0.05) is 6.08 Å². The number of ether oxygens (including phenoxy) is 1. The highest BCUT2D eigenvalue weighted by Gasteiger charge is 2.09. The molecule has 0 aliphatic carbocycles. The van der Waals surface area contributed by atoms with Gasteiger partial charge in [-0.05, 0) is 48.2 Å². The average molecular weight is 282 g/mol. The molecule has 21 heavy (non-hydrogen) atoms. The summed E-state index contributed by atoms with van der Waals surface area (Å²) in [6, 6.07) is 13.5. The highest BCUT2D eigenvalue weighted by atomic mass is 16.5. The van der Waals surface area contributed by atoms with Crippen LogP contribution in [0.25, 0.3) is 5.57 Å². The summed E-state index contributed by atoms with van der Waals surface area (Å²) in [4.78, 5) is 11.1. The lowest BCUT2D eigenvalue weighted by Crippen LogP contribution is -1.96. The fourth-order valence-corrected chi connectivity index (χ4v) is 2.24. The molecule has 0 aliphatic heterocycles. The monoisotopic (exact) mass is 282 g/mol. The number of carboxylic acid groups (broad SMARTS) is 1. The summed E-state index contributed by atoms with van der Waals surface area (Å²) in [5, 5.41) is 9.13. The van der Waals surface area contributed by atoms with E-state index in [1.54, 1.807) is 7.11 Å². The topological polar surface area (TPSA) is 46.5 Å². The molecule has 1 N–H and O–H groups in total. The molecule has 2 aromatic carbocycles. The van der Waals surface area contributed by atoms with Crippen molar-refractivity contribution in [2.75, 3.05) is 7.11 Å². The number of methoxy groups -OCH3 is 1. The van der Waals surface area contributed by atoms with E-state index in [1.165, 1.54) is 6.08 Å². The number of hydrogen-bond acceptors (Lipinski definition) is 2. The summed E-state index contributed by atoms with van der Waals surface area (Å²) < 4.78 is 5.25. The summed E-state index contributed by atoms with van der Waals surface area (Å²) in [6.07, 6.45) is 1.24. The first-order valence-corrected chi connectivity index (χ1v) is 6.68. The van der Waals surface area contributed by atoms with Crippen molar-refractivity contribution in [1.82, 2.24) is 0 Å². The van der Waals surface area contributed by atoms with Crippen LogP contribution in [0.1, 0.15) is 22.3 Å². The molecule has 0 aromatic heterocycles. The molecule has 2 rings (SSSR count). The average Bonchev–Trinajstić information content (AvgIpc) is 2.45. The molecule has 0 atom stereocenters. The van der Waals surface area contributed by atoms with Crippen molar-refractivity contribution < 1.29 is 14.6 Å². The van der Waals surface area contributed by atoms with Crippen LogP contribution in [0.2, 0.25) is 0 Å². The Bertz CT molecular complexity index is 682. The SMILES string of the molecule is COc1ccc(/C(=C/C(=O)O)c2ccc(C)cc2)cc1C. The lowest BCUT2D eigenvalue weighted by atomic mass is 9.95. The van der Waals surface area contributed by atoms with Gasteiger partial charge in [0.1, 0.15) is 5.75 Å². The van der Waals surface area contributed by atoms with Crippen molar-refractivity contribution in [2.45, 2.75) is 13.8 Å². The molecule has 0 fully saturated rings. The molecule has 0 aliphatic rings. The Balaban J connectivity index is 2.53. The first-order valence-electron chi connectivity index (χ1n) is 6.68. The molecule has 0 bridgehead atoms. The maximum atomic E-state index is 11.1. The fourth-order valence-electron chi connectivity index (χ4n) is 2.24. The van der Waals surface area contributed by atoms with E-state index >= 15 is 0 Å². The predicted octanol–water partition coefficient (Wildman–Crippen LogP) is 3.83. The van der Waals surface area contributed by atoms with Gasteiger partial charge in [0.05, 0.1) is 7.11 Å². The molecule has 0 unspecified atom stereocenters. The summed E-state index contributed by atoms with van der Waals surface area (Å²) in [5.41, 5.74) is 4.54. The van der Waals surface area contributed by atoms with E-state index in [1.807, 2.05) is 56.3 Å². The summed E-state index contributed by atoms with van der Waals surface area (Å²) >= 11 is 0. The van der Waals surface area contributed by atoms with Gasteiger partial charge in [0.15, 0.2) is 0 Å². The fraction of sp³-hybridized carbons (Fsp3) is 0.167. The largest absolute Gasteiger partial charge is 0.496 e. The van der Waals surface area contributed by atoms with Gasteiger partial charge in [-0.3, -0.25) is 0 Å². The van der Waals surface area contributed by atoms with E-state index in [4.69, 9.17) is 9.84 Å². The Morgan fingerprint density at radius 3 is 2.19 bits per heavy atom. The van der Waals surface area contributed by atoms with Crippen LogP contribution in [0, 0.1) is 13.8 Å². The van der Waals surface area contributed by atoms with Gasteiger partial charge in [-0.2, -0.15) is 0 Å². The van der Waals surface area contributed by atoms with Crippen molar-refractivity contribution in [1.29, 1.82) is 0 Å². The second-order valence-corrected chi connectivity index (χ2v) is 4.95. The van der Waals surface area contributed by atoms with Crippen LogP contribution < -0.4 is 4.74 Å². The van der Waals surface area contributed by atoms with Crippen molar-refractivity contribution in [3.8, 4) is 5.75 Å². The van der Waals surface area contributed by atoms with Gasteiger partial charge in [0.2, 0.25) is 0 Å². The molecule has 3 nitrogen and oxygen atoms in total. The number of carboxylic acids is 1. The van der Waals surface area contributed by atoms with Crippen LogP contribution in [0.15, 0.2) is 48.5 Å². The van der Waals surface area contributed by atoms with Crippen LogP contribution in [0.5, 0.6) is 5.75 Å². The smallest absolute Gasteiger partial charge is 0.328 e. The minimum absolute atomic E-state index is 0.688. The molecule has 0 saturated heterocycles. The Labute approximate surface area is 124 Å². The third kappa shape index (κ3) is 3.51. The molecule has 0 radical (unpaired) electrons. The quantitative estimate of drug-likeness (QED) is 0.867. The summed E-state index contributed by atoms with van der Waals surface area (Å²) in [5.74, 6) is -0.170. The van der Waals surface area contributed by atoms with Crippen molar-refractivity contribution in [3.05, 3.63) is 70.8 Å². The van der Waals surface area contributed by atoms with E-state index in [-0.39, 0.29) is 0 Å². The molecular formula is C18H18O3. The molecular weight excluding hydrogens is 264 g/mol. The lowest BCUT2D eigenvalue weighted by molar-refractivity contribution is -0.131. The number of aliphatic carboxylic acids is 1. The molecule has 0 saturated carbocycles. The van der Waals surface area contributed by atoms with Crippen molar-refractivity contribution in [2.24, 2.45) is 0 Å². The zero-order valence-electron chi connectivity index (χ0n) is 12.4. The summed E-state index contributed by atoms with van der Waals surface area (Å²) in [6.45, 7) is 3.94. The standard InChI is InChI=1S/C18H18O3/c1-12-4-6-14(7-5-12)16(11-18(19)20)15-8-9-17(21-3)13(2)10-15/h4-11H,1-3H3,(H,19,20)/b16-11+.